The maximum atomic E-state index is 12.7. The third-order valence-electron chi connectivity index (χ3n) is 3.51. The zero-order valence-electron chi connectivity index (χ0n) is 13.9. The van der Waals surface area contributed by atoms with Crippen molar-refractivity contribution in [2.45, 2.75) is 18.7 Å². The van der Waals surface area contributed by atoms with E-state index < -0.39 is 10.0 Å². The van der Waals surface area contributed by atoms with E-state index in [9.17, 15) is 13.2 Å². The van der Waals surface area contributed by atoms with E-state index in [0.29, 0.717) is 17.0 Å². The van der Waals surface area contributed by atoms with Gasteiger partial charge in [0.1, 0.15) is 16.4 Å². The Balaban J connectivity index is 2.41. The molecule has 0 atom stereocenters. The first-order valence-electron chi connectivity index (χ1n) is 7.15. The molecule has 128 valence electrons. The Morgan fingerprint density at radius 2 is 1.58 bits per heavy atom. The Morgan fingerprint density at radius 3 is 2.08 bits per heavy atom. The molecule has 2 rings (SSSR count). The lowest BCUT2D eigenvalue weighted by molar-refractivity contribution is 0.101. The minimum Gasteiger partial charge on any atom is -0.496 e. The molecule has 0 spiro atoms. The minimum absolute atomic E-state index is 0.0249. The maximum Gasteiger partial charge on any atom is 0.265 e. The second-order valence-corrected chi connectivity index (χ2v) is 6.86. The quantitative estimate of drug-likeness (QED) is 0.811. The summed E-state index contributed by atoms with van der Waals surface area (Å²) >= 11 is 0. The van der Waals surface area contributed by atoms with Gasteiger partial charge in [-0.05, 0) is 49.7 Å². The van der Waals surface area contributed by atoms with Gasteiger partial charge < -0.3 is 9.47 Å². The van der Waals surface area contributed by atoms with Gasteiger partial charge in [0.2, 0.25) is 0 Å². The van der Waals surface area contributed by atoms with E-state index in [1.807, 2.05) is 0 Å². The van der Waals surface area contributed by atoms with Crippen LogP contribution in [0.15, 0.2) is 41.3 Å². The summed E-state index contributed by atoms with van der Waals surface area (Å²) in [7, 11) is -1.00. The summed E-state index contributed by atoms with van der Waals surface area (Å²) in [5.41, 5.74) is 1.62. The number of methoxy groups -OCH3 is 2. The van der Waals surface area contributed by atoms with E-state index in [-0.39, 0.29) is 16.4 Å². The molecule has 0 aliphatic carbocycles. The summed E-state index contributed by atoms with van der Waals surface area (Å²) in [6.07, 6.45) is 0. The van der Waals surface area contributed by atoms with Crippen molar-refractivity contribution < 1.29 is 22.7 Å². The van der Waals surface area contributed by atoms with Crippen molar-refractivity contribution in [2.75, 3.05) is 18.9 Å². The van der Waals surface area contributed by atoms with E-state index in [1.54, 1.807) is 25.1 Å². The van der Waals surface area contributed by atoms with Crippen molar-refractivity contribution in [1.29, 1.82) is 0 Å². The fourth-order valence-corrected chi connectivity index (χ4v) is 3.44. The highest BCUT2D eigenvalue weighted by Gasteiger charge is 2.22. The molecule has 0 aliphatic rings. The maximum absolute atomic E-state index is 12.7. The van der Waals surface area contributed by atoms with Crippen molar-refractivity contribution in [3.8, 4) is 11.5 Å². The Hall–Kier alpha value is -2.54. The normalized spacial score (nSPS) is 11.0. The Kier molecular flexibility index (Phi) is 5.14. The summed E-state index contributed by atoms with van der Waals surface area (Å²) in [4.78, 5) is 11.3. The average molecular weight is 349 g/mol. The zero-order chi connectivity index (χ0) is 17.9. The molecule has 0 saturated heterocycles. The molecule has 0 heterocycles. The van der Waals surface area contributed by atoms with Gasteiger partial charge >= 0.3 is 0 Å². The number of ketones is 1. The van der Waals surface area contributed by atoms with Crippen LogP contribution < -0.4 is 14.2 Å². The first-order chi connectivity index (χ1) is 11.3. The number of hydrogen-bond donors (Lipinski definition) is 1. The lowest BCUT2D eigenvalue weighted by Crippen LogP contribution is -2.14. The largest absolute Gasteiger partial charge is 0.496 e. The first kappa shape index (κ1) is 17.8. The molecule has 24 heavy (non-hydrogen) atoms. The highest BCUT2D eigenvalue weighted by atomic mass is 32.2. The number of aryl methyl sites for hydroxylation is 1. The van der Waals surface area contributed by atoms with Crippen LogP contribution in [-0.4, -0.2) is 28.4 Å². The molecule has 0 unspecified atom stereocenters. The third kappa shape index (κ3) is 3.68. The van der Waals surface area contributed by atoms with Crippen LogP contribution in [0.25, 0.3) is 0 Å². The van der Waals surface area contributed by atoms with Crippen LogP contribution in [0.4, 0.5) is 5.69 Å². The Labute approximate surface area is 141 Å². The number of carbonyl (C=O) groups is 1. The van der Waals surface area contributed by atoms with E-state index in [4.69, 9.17) is 9.47 Å². The summed E-state index contributed by atoms with van der Waals surface area (Å²) in [6.45, 7) is 3.24. The SMILES string of the molecule is COc1cc(S(=O)(=O)Nc2ccc(C(C)=O)cc2)c(OC)cc1C. The van der Waals surface area contributed by atoms with Gasteiger partial charge in [-0.1, -0.05) is 0 Å². The number of nitrogens with one attached hydrogen (secondary N) is 1. The lowest BCUT2D eigenvalue weighted by Gasteiger charge is -2.14. The van der Waals surface area contributed by atoms with Gasteiger partial charge in [-0.2, -0.15) is 0 Å². The van der Waals surface area contributed by atoms with Gasteiger partial charge in [0, 0.05) is 17.3 Å². The minimum atomic E-state index is -3.88. The molecule has 6 nitrogen and oxygen atoms in total. The molecule has 1 N–H and O–H groups in total. The van der Waals surface area contributed by atoms with E-state index >= 15 is 0 Å². The first-order valence-corrected chi connectivity index (χ1v) is 8.63. The number of ether oxygens (including phenoxy) is 2. The summed E-state index contributed by atoms with van der Waals surface area (Å²) in [5, 5.41) is 0. The highest BCUT2D eigenvalue weighted by Crippen LogP contribution is 2.32. The Morgan fingerprint density at radius 1 is 1.00 bits per heavy atom. The molecule has 0 aromatic heterocycles. The summed E-state index contributed by atoms with van der Waals surface area (Å²) in [6, 6.07) is 9.21. The number of benzene rings is 2. The molecule has 7 heteroatoms. The molecular weight excluding hydrogens is 330 g/mol. The van der Waals surface area contributed by atoms with E-state index in [2.05, 4.69) is 4.72 Å². The molecule has 2 aromatic rings. The molecular formula is C17H19NO5S. The van der Waals surface area contributed by atoms with Crippen molar-refractivity contribution >= 4 is 21.5 Å². The molecule has 0 aliphatic heterocycles. The van der Waals surface area contributed by atoms with Crippen LogP contribution in [0.3, 0.4) is 0 Å². The number of sulfonamides is 1. The van der Waals surface area contributed by atoms with Gasteiger partial charge in [-0.3, -0.25) is 9.52 Å². The summed E-state index contributed by atoms with van der Waals surface area (Å²) in [5.74, 6) is 0.582. The zero-order valence-corrected chi connectivity index (χ0v) is 14.7. The van der Waals surface area contributed by atoms with Crippen LogP contribution in [0.2, 0.25) is 0 Å². The van der Waals surface area contributed by atoms with Crippen molar-refractivity contribution in [2.24, 2.45) is 0 Å². The number of anilines is 1. The predicted molar refractivity (Wildman–Crippen MR) is 91.5 cm³/mol. The van der Waals surface area contributed by atoms with Gasteiger partial charge in [-0.15, -0.1) is 0 Å². The fraction of sp³-hybridized carbons (Fsp3) is 0.235. The van der Waals surface area contributed by atoms with E-state index in [1.165, 1.54) is 39.3 Å². The fourth-order valence-electron chi connectivity index (χ4n) is 2.22. The standard InChI is InChI=1S/C17H19NO5S/c1-11-9-16(23-4)17(10-15(11)22-3)24(20,21)18-14-7-5-13(6-8-14)12(2)19/h5-10,18H,1-4H3. The van der Waals surface area contributed by atoms with Crippen LogP contribution in [0.5, 0.6) is 11.5 Å². The smallest absolute Gasteiger partial charge is 0.265 e. The third-order valence-corrected chi connectivity index (χ3v) is 4.92. The summed E-state index contributed by atoms with van der Waals surface area (Å²) < 4.78 is 38.2. The van der Waals surface area contributed by atoms with Gasteiger partial charge in [-0.25, -0.2) is 8.42 Å². The van der Waals surface area contributed by atoms with Crippen molar-refractivity contribution in [3.05, 3.63) is 47.5 Å². The number of Topliss-reactive ketones (excluding diaryl/α,β-unsaturated/α-hetero) is 1. The number of carbonyl (C=O) groups excluding carboxylic acids is 1. The highest BCUT2D eigenvalue weighted by molar-refractivity contribution is 7.92. The van der Waals surface area contributed by atoms with Crippen LogP contribution >= 0.6 is 0 Å². The van der Waals surface area contributed by atoms with Gasteiger partial charge in [0.15, 0.2) is 5.78 Å². The molecule has 0 radical (unpaired) electrons. The molecule has 0 saturated carbocycles. The van der Waals surface area contributed by atoms with Gasteiger partial charge in [0.25, 0.3) is 10.0 Å². The topological polar surface area (TPSA) is 81.7 Å². The van der Waals surface area contributed by atoms with Crippen molar-refractivity contribution in [3.63, 3.8) is 0 Å². The lowest BCUT2D eigenvalue weighted by atomic mass is 10.1. The number of rotatable bonds is 6. The van der Waals surface area contributed by atoms with Crippen LogP contribution in [0.1, 0.15) is 22.8 Å². The molecule has 0 amide bonds. The average Bonchev–Trinajstić information content (AvgIpc) is 2.54. The molecule has 0 bridgehead atoms. The number of hydrogen-bond acceptors (Lipinski definition) is 5. The van der Waals surface area contributed by atoms with E-state index in [0.717, 1.165) is 5.56 Å². The van der Waals surface area contributed by atoms with Gasteiger partial charge in [0.05, 0.1) is 14.2 Å². The monoisotopic (exact) mass is 349 g/mol. The van der Waals surface area contributed by atoms with Crippen LogP contribution in [-0.2, 0) is 10.0 Å². The predicted octanol–water partition coefficient (Wildman–Crippen LogP) is 3.02. The van der Waals surface area contributed by atoms with Crippen molar-refractivity contribution in [1.82, 2.24) is 0 Å². The second-order valence-electron chi connectivity index (χ2n) is 5.21. The second kappa shape index (κ2) is 6.92. The Bertz CT molecular complexity index is 857. The van der Waals surface area contributed by atoms with Crippen LogP contribution in [0, 0.1) is 6.92 Å². The molecule has 0 fully saturated rings. The molecule has 2 aromatic carbocycles.